The third kappa shape index (κ3) is 4.65. The number of aliphatic hydroxyl groups excluding tert-OH is 1. The summed E-state index contributed by atoms with van der Waals surface area (Å²) in [5, 5.41) is 11.2. The van der Waals surface area contributed by atoms with Gasteiger partial charge in [0.1, 0.15) is 16.5 Å². The zero-order valence-corrected chi connectivity index (χ0v) is 21.2. The van der Waals surface area contributed by atoms with E-state index in [2.05, 4.69) is 4.98 Å². The van der Waals surface area contributed by atoms with Gasteiger partial charge in [-0.2, -0.15) is 0 Å². The van der Waals surface area contributed by atoms with Crippen LogP contribution in [0.3, 0.4) is 0 Å². The van der Waals surface area contributed by atoms with Gasteiger partial charge in [0.05, 0.1) is 38.1 Å². The second kappa shape index (κ2) is 10.4. The van der Waals surface area contributed by atoms with Crippen molar-refractivity contribution in [1.82, 2.24) is 4.98 Å². The van der Waals surface area contributed by atoms with Crippen LogP contribution in [0.15, 0.2) is 48.0 Å². The summed E-state index contributed by atoms with van der Waals surface area (Å²) >= 11 is 0.896. The molecule has 11 heteroatoms. The van der Waals surface area contributed by atoms with Crippen LogP contribution in [0, 0.1) is 12.7 Å². The molecule has 1 atom stereocenters. The molecule has 1 aliphatic heterocycles. The third-order valence-corrected chi connectivity index (χ3v) is 6.87. The maximum absolute atomic E-state index is 13.5. The Morgan fingerprint density at radius 1 is 1.11 bits per heavy atom. The van der Waals surface area contributed by atoms with Crippen LogP contribution < -0.4 is 14.4 Å². The number of anilines is 1. The van der Waals surface area contributed by atoms with Crippen molar-refractivity contribution in [2.75, 3.05) is 25.7 Å². The Morgan fingerprint density at radius 3 is 2.41 bits per heavy atom. The van der Waals surface area contributed by atoms with Crippen molar-refractivity contribution in [2.24, 2.45) is 0 Å². The van der Waals surface area contributed by atoms with Crippen LogP contribution in [0.1, 0.15) is 39.5 Å². The molecule has 192 valence electrons. The fourth-order valence-corrected chi connectivity index (χ4v) is 4.99. The number of ether oxygens (including phenoxy) is 3. The second-order valence-electron chi connectivity index (χ2n) is 7.92. The molecule has 1 amide bonds. The zero-order valence-electron chi connectivity index (χ0n) is 20.4. The first-order chi connectivity index (χ1) is 17.7. The largest absolute Gasteiger partial charge is 0.507 e. The van der Waals surface area contributed by atoms with Crippen LogP contribution in [0.2, 0.25) is 0 Å². The van der Waals surface area contributed by atoms with E-state index in [0.717, 1.165) is 28.4 Å². The van der Waals surface area contributed by atoms with Gasteiger partial charge in [-0.3, -0.25) is 14.5 Å². The van der Waals surface area contributed by atoms with Gasteiger partial charge in [-0.15, -0.1) is 0 Å². The minimum Gasteiger partial charge on any atom is -0.507 e. The predicted molar refractivity (Wildman–Crippen MR) is 134 cm³/mol. The average Bonchev–Trinajstić information content (AvgIpc) is 3.40. The van der Waals surface area contributed by atoms with Crippen molar-refractivity contribution in [3.8, 4) is 11.5 Å². The number of aliphatic hydroxyl groups is 1. The summed E-state index contributed by atoms with van der Waals surface area (Å²) < 4.78 is 29.3. The van der Waals surface area contributed by atoms with Gasteiger partial charge in [0, 0.05) is 5.56 Å². The van der Waals surface area contributed by atoms with E-state index in [1.54, 1.807) is 32.0 Å². The molecule has 1 aliphatic rings. The first-order valence-corrected chi connectivity index (χ1v) is 12.0. The lowest BCUT2D eigenvalue weighted by Gasteiger charge is -2.23. The van der Waals surface area contributed by atoms with Gasteiger partial charge in [0.25, 0.3) is 5.78 Å². The molecule has 3 aromatic rings. The number of carbonyl (C=O) groups excluding carboxylic acids is 3. The number of benzene rings is 2. The third-order valence-electron chi connectivity index (χ3n) is 5.74. The Kier molecular flexibility index (Phi) is 7.25. The van der Waals surface area contributed by atoms with E-state index in [9.17, 15) is 23.9 Å². The van der Waals surface area contributed by atoms with Gasteiger partial charge in [-0.1, -0.05) is 17.4 Å². The number of carbonyl (C=O) groups is 3. The van der Waals surface area contributed by atoms with Gasteiger partial charge < -0.3 is 19.3 Å². The number of halogens is 1. The topological polar surface area (TPSA) is 115 Å². The summed E-state index contributed by atoms with van der Waals surface area (Å²) in [6.45, 7) is 3.41. The first-order valence-electron chi connectivity index (χ1n) is 11.1. The molecule has 1 saturated heterocycles. The lowest BCUT2D eigenvalue weighted by Crippen LogP contribution is -2.29. The normalized spacial score (nSPS) is 16.7. The molecule has 2 aromatic carbocycles. The zero-order chi connectivity index (χ0) is 26.9. The van der Waals surface area contributed by atoms with Crippen molar-refractivity contribution in [2.45, 2.75) is 19.9 Å². The lowest BCUT2D eigenvalue weighted by molar-refractivity contribution is -0.132. The van der Waals surface area contributed by atoms with E-state index in [1.165, 1.54) is 26.4 Å². The number of hydrogen-bond acceptors (Lipinski definition) is 9. The van der Waals surface area contributed by atoms with Gasteiger partial charge in [0.2, 0.25) is 0 Å². The summed E-state index contributed by atoms with van der Waals surface area (Å²) in [5.41, 5.74) is 0.651. The van der Waals surface area contributed by atoms with Crippen molar-refractivity contribution in [1.29, 1.82) is 0 Å². The first kappa shape index (κ1) is 25.8. The number of Topliss-reactive ketones (excluding diaryl/α,β-unsaturated/α-hetero) is 1. The number of aromatic nitrogens is 1. The van der Waals surface area contributed by atoms with Crippen molar-refractivity contribution in [3.63, 3.8) is 0 Å². The number of ketones is 1. The van der Waals surface area contributed by atoms with Crippen LogP contribution >= 0.6 is 11.3 Å². The molecule has 0 unspecified atom stereocenters. The van der Waals surface area contributed by atoms with Gasteiger partial charge in [-0.25, -0.2) is 14.2 Å². The fourth-order valence-electron chi connectivity index (χ4n) is 4.00. The molecule has 2 heterocycles. The number of nitrogens with zero attached hydrogens (tertiary/aromatic N) is 2. The van der Waals surface area contributed by atoms with E-state index in [4.69, 9.17) is 14.2 Å². The molecule has 9 nitrogen and oxygen atoms in total. The highest BCUT2D eigenvalue weighted by molar-refractivity contribution is 7.17. The fraction of sp³-hybridized carbons (Fsp3) is 0.231. The highest BCUT2D eigenvalue weighted by atomic mass is 32.1. The van der Waals surface area contributed by atoms with E-state index < -0.39 is 35.3 Å². The van der Waals surface area contributed by atoms with Crippen LogP contribution in [-0.2, 0) is 14.3 Å². The lowest BCUT2D eigenvalue weighted by atomic mass is 9.95. The molecule has 1 fully saturated rings. The quantitative estimate of drug-likeness (QED) is 0.208. The molecule has 0 aliphatic carbocycles. The molecule has 0 saturated carbocycles. The molecule has 37 heavy (non-hydrogen) atoms. The van der Waals surface area contributed by atoms with Crippen LogP contribution in [0.5, 0.6) is 11.5 Å². The summed E-state index contributed by atoms with van der Waals surface area (Å²) in [6, 6.07) is 8.53. The number of rotatable bonds is 7. The molecule has 4 rings (SSSR count). The number of amides is 1. The van der Waals surface area contributed by atoms with Gasteiger partial charge in [-0.05, 0) is 55.8 Å². The molecule has 0 radical (unpaired) electrons. The highest BCUT2D eigenvalue weighted by Gasteiger charge is 2.48. The van der Waals surface area contributed by atoms with E-state index in [1.807, 2.05) is 0 Å². The molecule has 1 aromatic heterocycles. The van der Waals surface area contributed by atoms with Crippen LogP contribution in [0.4, 0.5) is 9.52 Å². The number of esters is 1. The maximum atomic E-state index is 13.5. The van der Waals surface area contributed by atoms with Crippen LogP contribution in [0.25, 0.3) is 5.76 Å². The van der Waals surface area contributed by atoms with Crippen molar-refractivity contribution < 1.29 is 38.1 Å². The summed E-state index contributed by atoms with van der Waals surface area (Å²) in [6.07, 6.45) is 0. The Balaban J connectivity index is 1.94. The van der Waals surface area contributed by atoms with Crippen molar-refractivity contribution in [3.05, 3.63) is 75.6 Å². The van der Waals surface area contributed by atoms with E-state index in [-0.39, 0.29) is 27.8 Å². The molecular weight excluding hydrogens is 503 g/mol. The number of methoxy groups -OCH3 is 2. The van der Waals surface area contributed by atoms with E-state index in [0.29, 0.717) is 22.8 Å². The number of aryl methyl sites for hydroxylation is 1. The molecule has 0 bridgehead atoms. The second-order valence-corrected chi connectivity index (χ2v) is 8.90. The average molecular weight is 527 g/mol. The SMILES string of the molecule is CCOC(=O)c1sc(N2C(=O)C(=O)/C(=C(/O)c3ccc(F)cc3)[C@H]2c2ccc(OC)c(OC)c2)nc1C. The van der Waals surface area contributed by atoms with Gasteiger partial charge in [0.15, 0.2) is 16.6 Å². The smallest absolute Gasteiger partial charge is 0.350 e. The Bertz CT molecular complexity index is 1410. The predicted octanol–water partition coefficient (Wildman–Crippen LogP) is 4.41. The highest BCUT2D eigenvalue weighted by Crippen LogP contribution is 2.45. The molecule has 1 N–H and O–H groups in total. The maximum Gasteiger partial charge on any atom is 0.350 e. The number of thiazole rings is 1. The Labute approximate surface area is 215 Å². The van der Waals surface area contributed by atoms with Crippen LogP contribution in [-0.4, -0.2) is 48.6 Å². The Hall–Kier alpha value is -4.25. The minimum atomic E-state index is -1.13. The minimum absolute atomic E-state index is 0.0700. The number of hydrogen-bond donors (Lipinski definition) is 1. The van der Waals surface area contributed by atoms with E-state index >= 15 is 0 Å². The molecular formula is C26H23FN2O7S. The summed E-state index contributed by atoms with van der Waals surface area (Å²) in [5.74, 6) is -2.79. The summed E-state index contributed by atoms with van der Waals surface area (Å²) in [4.78, 5) is 44.7. The standard InChI is InChI=1S/C26H23FN2O7S/c1-5-36-25(33)23-13(2)28-26(37-23)29-20(15-8-11-17(34-3)18(12-15)35-4)19(22(31)24(29)32)21(30)14-6-9-16(27)10-7-14/h6-12,20,30H,5H2,1-4H3/b21-19+/t20-/m1/s1. The monoisotopic (exact) mass is 526 g/mol. The van der Waals surface area contributed by atoms with Crippen molar-refractivity contribution >= 4 is 39.9 Å². The molecule has 0 spiro atoms. The van der Waals surface area contributed by atoms with Gasteiger partial charge >= 0.3 is 11.9 Å². The Morgan fingerprint density at radius 2 is 1.78 bits per heavy atom. The summed E-state index contributed by atoms with van der Waals surface area (Å²) in [7, 11) is 2.90.